The zero-order valence-electron chi connectivity index (χ0n) is 15.4. The molecule has 0 spiro atoms. The van der Waals surface area contributed by atoms with Gasteiger partial charge in [0, 0.05) is 25.6 Å². The lowest BCUT2D eigenvalue weighted by atomic mass is 10.1. The highest BCUT2D eigenvalue weighted by Gasteiger charge is 2.17. The summed E-state index contributed by atoms with van der Waals surface area (Å²) in [4.78, 5) is 25.9. The molecule has 0 fully saturated rings. The minimum atomic E-state index is -0.203. The monoisotopic (exact) mass is 349 g/mol. The van der Waals surface area contributed by atoms with Gasteiger partial charge in [-0.25, -0.2) is 0 Å². The van der Waals surface area contributed by atoms with E-state index in [1.807, 2.05) is 32.0 Å². The Labute approximate surface area is 154 Å². The summed E-state index contributed by atoms with van der Waals surface area (Å²) in [7, 11) is 0. The fraction of sp³-hybridized carbons (Fsp3) is 0.286. The standard InChI is InChI=1S/C21H23N3O2/c1-4-17-10-7-8-15(2)21(17)23-20(26)12-13-24(16(3)25)19-11-6-5-9-18(19)14-22/h5-11H,4,12-13H2,1-3H3,(H,23,26). The summed E-state index contributed by atoms with van der Waals surface area (Å²) in [6, 6.07) is 14.9. The van der Waals surface area contributed by atoms with E-state index in [0.717, 1.165) is 23.2 Å². The van der Waals surface area contributed by atoms with E-state index in [-0.39, 0.29) is 24.8 Å². The number of aryl methyl sites for hydroxylation is 2. The maximum atomic E-state index is 12.4. The third-order valence-corrected chi connectivity index (χ3v) is 4.26. The predicted octanol–water partition coefficient (Wildman–Crippen LogP) is 3.81. The summed E-state index contributed by atoms with van der Waals surface area (Å²) in [5.74, 6) is -0.361. The van der Waals surface area contributed by atoms with Crippen LogP contribution < -0.4 is 10.2 Å². The van der Waals surface area contributed by atoms with E-state index in [4.69, 9.17) is 0 Å². The average molecular weight is 349 g/mol. The molecule has 26 heavy (non-hydrogen) atoms. The highest BCUT2D eigenvalue weighted by Crippen LogP contribution is 2.22. The van der Waals surface area contributed by atoms with Crippen LogP contribution in [0, 0.1) is 18.3 Å². The van der Waals surface area contributed by atoms with Crippen molar-refractivity contribution in [2.75, 3.05) is 16.8 Å². The number of nitrogens with one attached hydrogen (secondary N) is 1. The second-order valence-electron chi connectivity index (χ2n) is 6.06. The minimum Gasteiger partial charge on any atom is -0.326 e. The first-order valence-corrected chi connectivity index (χ1v) is 8.63. The van der Waals surface area contributed by atoms with Crippen molar-refractivity contribution in [2.24, 2.45) is 0 Å². The molecule has 2 amide bonds. The van der Waals surface area contributed by atoms with E-state index in [2.05, 4.69) is 11.4 Å². The van der Waals surface area contributed by atoms with E-state index in [1.54, 1.807) is 24.3 Å². The normalized spacial score (nSPS) is 10.1. The van der Waals surface area contributed by atoms with Gasteiger partial charge in [-0.15, -0.1) is 0 Å². The van der Waals surface area contributed by atoms with Crippen LogP contribution in [0.25, 0.3) is 0 Å². The third kappa shape index (κ3) is 4.48. The van der Waals surface area contributed by atoms with E-state index >= 15 is 0 Å². The molecule has 1 N–H and O–H groups in total. The van der Waals surface area contributed by atoms with Gasteiger partial charge in [-0.05, 0) is 36.6 Å². The molecule has 5 nitrogen and oxygen atoms in total. The molecule has 0 bridgehead atoms. The Bertz CT molecular complexity index is 853. The molecule has 0 aliphatic carbocycles. The van der Waals surface area contributed by atoms with Gasteiger partial charge in [-0.1, -0.05) is 37.3 Å². The number of amides is 2. The van der Waals surface area contributed by atoms with Crippen LogP contribution in [0.1, 0.15) is 37.0 Å². The number of nitrogens with zero attached hydrogens (tertiary/aromatic N) is 2. The van der Waals surface area contributed by atoms with Crippen LogP contribution in [-0.2, 0) is 16.0 Å². The molecule has 0 aliphatic rings. The number of carbonyl (C=O) groups is 2. The van der Waals surface area contributed by atoms with Crippen molar-refractivity contribution < 1.29 is 9.59 Å². The smallest absolute Gasteiger partial charge is 0.226 e. The van der Waals surface area contributed by atoms with Crippen molar-refractivity contribution in [1.82, 2.24) is 0 Å². The SMILES string of the molecule is CCc1cccc(C)c1NC(=O)CCN(C(C)=O)c1ccccc1C#N. The largest absolute Gasteiger partial charge is 0.326 e. The fourth-order valence-corrected chi connectivity index (χ4v) is 2.87. The van der Waals surface area contributed by atoms with Crippen LogP contribution in [0.15, 0.2) is 42.5 Å². The Kier molecular flexibility index (Phi) is 6.51. The summed E-state index contributed by atoms with van der Waals surface area (Å²) < 4.78 is 0. The number of carbonyl (C=O) groups excluding carboxylic acids is 2. The minimum absolute atomic E-state index is 0.150. The maximum Gasteiger partial charge on any atom is 0.226 e. The molecule has 0 heterocycles. The van der Waals surface area contributed by atoms with Crippen molar-refractivity contribution in [1.29, 1.82) is 5.26 Å². The molecular formula is C21H23N3O2. The quantitative estimate of drug-likeness (QED) is 0.862. The van der Waals surface area contributed by atoms with Crippen LogP contribution >= 0.6 is 0 Å². The molecule has 0 unspecified atom stereocenters. The van der Waals surface area contributed by atoms with Crippen LogP contribution in [-0.4, -0.2) is 18.4 Å². The number of benzene rings is 2. The van der Waals surface area contributed by atoms with Gasteiger partial charge in [0.25, 0.3) is 0 Å². The van der Waals surface area contributed by atoms with Gasteiger partial charge in [-0.2, -0.15) is 5.26 Å². The van der Waals surface area contributed by atoms with Crippen molar-refractivity contribution in [2.45, 2.75) is 33.6 Å². The molecule has 0 saturated carbocycles. The van der Waals surface area contributed by atoms with Gasteiger partial charge < -0.3 is 10.2 Å². The van der Waals surface area contributed by atoms with E-state index in [0.29, 0.717) is 11.3 Å². The first kappa shape index (κ1) is 19.2. The summed E-state index contributed by atoms with van der Waals surface area (Å²) in [5, 5.41) is 12.2. The Morgan fingerprint density at radius 2 is 1.88 bits per heavy atom. The number of hydrogen-bond donors (Lipinski definition) is 1. The fourth-order valence-electron chi connectivity index (χ4n) is 2.87. The molecule has 0 saturated heterocycles. The first-order valence-electron chi connectivity index (χ1n) is 8.63. The third-order valence-electron chi connectivity index (χ3n) is 4.26. The number of anilines is 2. The lowest BCUT2D eigenvalue weighted by Gasteiger charge is -2.22. The van der Waals surface area contributed by atoms with Gasteiger partial charge in [0.2, 0.25) is 11.8 Å². The average Bonchev–Trinajstić information content (AvgIpc) is 2.63. The Hall–Kier alpha value is -3.13. The molecule has 2 rings (SSSR count). The lowest BCUT2D eigenvalue weighted by Crippen LogP contribution is -2.32. The van der Waals surface area contributed by atoms with Gasteiger partial charge >= 0.3 is 0 Å². The number of para-hydroxylation sites is 2. The molecule has 0 aromatic heterocycles. The summed E-state index contributed by atoms with van der Waals surface area (Å²) in [6.07, 6.45) is 0.975. The molecule has 2 aromatic rings. The van der Waals surface area contributed by atoms with Crippen LogP contribution in [0.2, 0.25) is 0 Å². The summed E-state index contributed by atoms with van der Waals surface area (Å²) in [5.41, 5.74) is 3.87. The highest BCUT2D eigenvalue weighted by atomic mass is 16.2. The van der Waals surface area contributed by atoms with Crippen molar-refractivity contribution >= 4 is 23.2 Å². The Morgan fingerprint density at radius 1 is 1.15 bits per heavy atom. The van der Waals surface area contributed by atoms with E-state index < -0.39 is 0 Å². The molecular weight excluding hydrogens is 326 g/mol. The maximum absolute atomic E-state index is 12.4. The number of nitriles is 1. The second-order valence-corrected chi connectivity index (χ2v) is 6.06. The zero-order chi connectivity index (χ0) is 19.1. The number of rotatable bonds is 6. The molecule has 0 radical (unpaired) electrons. The summed E-state index contributed by atoms with van der Waals surface area (Å²) >= 11 is 0. The van der Waals surface area contributed by atoms with E-state index in [1.165, 1.54) is 11.8 Å². The van der Waals surface area contributed by atoms with Crippen molar-refractivity contribution in [3.05, 3.63) is 59.2 Å². The molecule has 2 aromatic carbocycles. The van der Waals surface area contributed by atoms with Crippen LogP contribution in [0.3, 0.4) is 0 Å². The van der Waals surface area contributed by atoms with Crippen LogP contribution in [0.5, 0.6) is 0 Å². The first-order chi connectivity index (χ1) is 12.5. The lowest BCUT2D eigenvalue weighted by molar-refractivity contribution is -0.117. The van der Waals surface area contributed by atoms with Crippen molar-refractivity contribution in [3.63, 3.8) is 0 Å². The topological polar surface area (TPSA) is 73.2 Å². The van der Waals surface area contributed by atoms with Gasteiger partial charge in [-0.3, -0.25) is 9.59 Å². The number of hydrogen-bond acceptors (Lipinski definition) is 3. The zero-order valence-corrected chi connectivity index (χ0v) is 15.4. The summed E-state index contributed by atoms with van der Waals surface area (Å²) in [6.45, 7) is 5.65. The van der Waals surface area contributed by atoms with Crippen LogP contribution in [0.4, 0.5) is 11.4 Å². The van der Waals surface area contributed by atoms with Gasteiger partial charge in [0.05, 0.1) is 11.3 Å². The molecule has 0 aliphatic heterocycles. The van der Waals surface area contributed by atoms with Gasteiger partial charge in [0.1, 0.15) is 6.07 Å². The van der Waals surface area contributed by atoms with Crippen molar-refractivity contribution in [3.8, 4) is 6.07 Å². The molecule has 5 heteroatoms. The van der Waals surface area contributed by atoms with Gasteiger partial charge in [0.15, 0.2) is 0 Å². The highest BCUT2D eigenvalue weighted by molar-refractivity contribution is 5.96. The van der Waals surface area contributed by atoms with E-state index in [9.17, 15) is 14.9 Å². The second kappa shape index (κ2) is 8.82. The molecule has 0 atom stereocenters. The Balaban J connectivity index is 2.12. The Morgan fingerprint density at radius 3 is 2.54 bits per heavy atom. The predicted molar refractivity (Wildman–Crippen MR) is 103 cm³/mol. The molecule has 134 valence electrons.